The first kappa shape index (κ1) is 31.0. The number of rotatable bonds is 12. The number of hydrogen-bond acceptors (Lipinski definition) is 5. The second-order valence-electron chi connectivity index (χ2n) is 9.06. The number of benzene rings is 3. The van der Waals surface area contributed by atoms with E-state index in [0.29, 0.717) is 12.6 Å². The van der Waals surface area contributed by atoms with Gasteiger partial charge in [0, 0.05) is 30.4 Å². The van der Waals surface area contributed by atoms with Crippen molar-refractivity contribution in [1.82, 2.24) is 10.6 Å². The van der Waals surface area contributed by atoms with E-state index in [9.17, 15) is 40.3 Å². The lowest BCUT2D eigenvalue weighted by atomic mass is 10.00. The maximum atomic E-state index is 13.8. The van der Waals surface area contributed by atoms with Gasteiger partial charge < -0.3 is 15.7 Å². The van der Waals surface area contributed by atoms with E-state index >= 15 is 0 Å². The number of aryl methyl sites for hydroxylation is 1. The summed E-state index contributed by atoms with van der Waals surface area (Å²) in [5.74, 6) is -2.41. The van der Waals surface area contributed by atoms with Crippen LogP contribution in [0.1, 0.15) is 34.0 Å². The Labute approximate surface area is 228 Å². The molecule has 2 unspecified atom stereocenters. The number of sulfonamides is 1. The minimum absolute atomic E-state index is 0.0112. The van der Waals surface area contributed by atoms with Gasteiger partial charge in [0.1, 0.15) is 11.6 Å². The van der Waals surface area contributed by atoms with Crippen molar-refractivity contribution in [1.29, 1.82) is 0 Å². The number of halogens is 5. The smallest absolute Gasteiger partial charge is 0.390 e. The van der Waals surface area contributed by atoms with Gasteiger partial charge in [0.05, 0.1) is 12.1 Å². The summed E-state index contributed by atoms with van der Waals surface area (Å²) in [4.78, 5) is 12.9. The Morgan fingerprint density at radius 3 is 2.15 bits per heavy atom. The molecule has 1 amide bonds. The van der Waals surface area contributed by atoms with Gasteiger partial charge in [0.2, 0.25) is 0 Å². The van der Waals surface area contributed by atoms with Gasteiger partial charge in [-0.25, -0.2) is 8.78 Å². The van der Waals surface area contributed by atoms with E-state index < -0.39 is 50.9 Å². The van der Waals surface area contributed by atoms with Crippen molar-refractivity contribution in [3.8, 4) is 0 Å². The van der Waals surface area contributed by atoms with E-state index in [0.717, 1.165) is 53.9 Å². The second-order valence-corrected chi connectivity index (χ2v) is 10.7. The van der Waals surface area contributed by atoms with Crippen LogP contribution in [-0.4, -0.2) is 43.6 Å². The number of anilines is 1. The molecule has 4 N–H and O–H groups in total. The summed E-state index contributed by atoms with van der Waals surface area (Å²) in [6.45, 7) is 2.44. The highest BCUT2D eigenvalue weighted by Gasteiger charge is 2.46. The molecule has 0 saturated carbocycles. The zero-order valence-electron chi connectivity index (χ0n) is 21.3. The first-order valence-corrected chi connectivity index (χ1v) is 13.7. The second kappa shape index (κ2) is 13.2. The normalized spacial score (nSPS) is 13.5. The van der Waals surface area contributed by atoms with Gasteiger partial charge in [-0.3, -0.25) is 9.52 Å². The Morgan fingerprint density at radius 1 is 0.925 bits per heavy atom. The zero-order valence-corrected chi connectivity index (χ0v) is 22.1. The molecule has 3 aromatic carbocycles. The van der Waals surface area contributed by atoms with Crippen LogP contribution < -0.4 is 15.4 Å². The van der Waals surface area contributed by atoms with Crippen molar-refractivity contribution in [3.05, 3.63) is 101 Å². The highest BCUT2D eigenvalue weighted by molar-refractivity contribution is 7.93. The van der Waals surface area contributed by atoms with Crippen molar-refractivity contribution < 1.29 is 40.3 Å². The van der Waals surface area contributed by atoms with Crippen molar-refractivity contribution in [2.75, 3.05) is 11.3 Å². The molecular weight excluding hydrogens is 557 g/mol. The summed E-state index contributed by atoms with van der Waals surface area (Å²) in [6, 6.07) is 13.7. The quantitative estimate of drug-likeness (QED) is 0.238. The van der Waals surface area contributed by atoms with Gasteiger partial charge >= 0.3 is 15.5 Å². The van der Waals surface area contributed by atoms with E-state index in [1.807, 2.05) is 31.2 Å². The summed E-state index contributed by atoms with van der Waals surface area (Å²) in [7, 11) is -5.64. The molecule has 0 aliphatic heterocycles. The van der Waals surface area contributed by atoms with E-state index in [4.69, 9.17) is 0 Å². The van der Waals surface area contributed by atoms with Crippen molar-refractivity contribution in [2.24, 2.45) is 0 Å². The Bertz CT molecular complexity index is 1400. The number of nitrogens with one attached hydrogen (secondary N) is 3. The third kappa shape index (κ3) is 8.73. The summed E-state index contributed by atoms with van der Waals surface area (Å²) < 4.78 is 89.3. The van der Waals surface area contributed by atoms with Gasteiger partial charge in [0.25, 0.3) is 5.91 Å². The first-order valence-electron chi connectivity index (χ1n) is 12.2. The summed E-state index contributed by atoms with van der Waals surface area (Å²) >= 11 is 0. The Hall–Kier alpha value is -3.55. The Kier molecular flexibility index (Phi) is 10.2. The van der Waals surface area contributed by atoms with E-state index in [-0.39, 0.29) is 24.1 Å². The Morgan fingerprint density at radius 2 is 1.55 bits per heavy atom. The van der Waals surface area contributed by atoms with Crippen molar-refractivity contribution in [3.63, 3.8) is 0 Å². The molecule has 7 nitrogen and oxygen atoms in total. The van der Waals surface area contributed by atoms with E-state index in [2.05, 4.69) is 10.6 Å². The van der Waals surface area contributed by atoms with Crippen LogP contribution >= 0.6 is 0 Å². The monoisotopic (exact) mass is 585 g/mol. The largest absolute Gasteiger partial charge is 0.516 e. The highest BCUT2D eigenvalue weighted by Crippen LogP contribution is 2.25. The third-order valence-electron chi connectivity index (χ3n) is 5.95. The van der Waals surface area contributed by atoms with Crippen LogP contribution in [0.15, 0.2) is 66.7 Å². The molecule has 3 aromatic rings. The number of carbonyl (C=O) groups excluding carboxylic acids is 1. The average molecular weight is 586 g/mol. The van der Waals surface area contributed by atoms with Crippen molar-refractivity contribution >= 4 is 21.6 Å². The van der Waals surface area contributed by atoms with Crippen LogP contribution in [0.3, 0.4) is 0 Å². The van der Waals surface area contributed by atoms with Crippen LogP contribution in [-0.2, 0) is 29.4 Å². The number of alkyl halides is 3. The van der Waals surface area contributed by atoms with E-state index in [1.54, 1.807) is 0 Å². The summed E-state index contributed by atoms with van der Waals surface area (Å²) in [5.41, 5.74) is -3.71. The van der Waals surface area contributed by atoms with Gasteiger partial charge in [-0.05, 0) is 65.9 Å². The predicted molar refractivity (Wildman–Crippen MR) is 140 cm³/mol. The summed E-state index contributed by atoms with van der Waals surface area (Å²) in [5, 5.41) is 16.6. The maximum Gasteiger partial charge on any atom is 0.516 e. The molecule has 13 heteroatoms. The fourth-order valence-corrected chi connectivity index (χ4v) is 4.45. The maximum absolute atomic E-state index is 13.8. The van der Waals surface area contributed by atoms with Crippen LogP contribution in [0.4, 0.5) is 27.6 Å². The molecule has 0 spiro atoms. The molecule has 0 aliphatic rings. The Balaban J connectivity index is 1.72. The molecule has 216 valence electrons. The molecule has 0 aliphatic carbocycles. The lowest BCUT2D eigenvalue weighted by Crippen LogP contribution is -2.48. The molecule has 0 heterocycles. The number of carbonyl (C=O) groups is 1. The SMILES string of the molecule is CCc1cccc(CNCC(O)C(Cc2cc(F)cc(F)c2)NC(=O)c2ccc(NS(=O)(=O)C(F)(F)F)cc2)c1. The third-order valence-corrected chi connectivity index (χ3v) is 7.06. The summed E-state index contributed by atoms with van der Waals surface area (Å²) in [6.07, 6.45) is -0.496. The van der Waals surface area contributed by atoms with Crippen LogP contribution in [0.5, 0.6) is 0 Å². The standard InChI is InChI=1S/C27H28F5N3O4S/c1-2-17-4-3-5-18(10-17)15-33-16-25(36)24(13-19-11-21(28)14-22(29)12-19)34-26(37)20-6-8-23(9-7-20)35-40(38,39)27(30,31)32/h3-12,14,24-25,33,35-36H,2,13,15-16H2,1H3,(H,34,37). The molecule has 0 fully saturated rings. The van der Waals surface area contributed by atoms with Gasteiger partial charge in [-0.15, -0.1) is 0 Å². The number of aliphatic hydroxyl groups excluding tert-OH is 1. The predicted octanol–water partition coefficient (Wildman–Crippen LogP) is 4.28. The first-order chi connectivity index (χ1) is 18.8. The number of aliphatic hydroxyl groups is 1. The fraction of sp³-hybridized carbons (Fsp3) is 0.296. The number of hydrogen-bond donors (Lipinski definition) is 4. The molecule has 40 heavy (non-hydrogen) atoms. The number of amides is 1. The topological polar surface area (TPSA) is 108 Å². The van der Waals surface area contributed by atoms with Crippen LogP contribution in [0.25, 0.3) is 0 Å². The van der Waals surface area contributed by atoms with Crippen molar-refractivity contribution in [2.45, 2.75) is 44.0 Å². The minimum atomic E-state index is -5.64. The lowest BCUT2D eigenvalue weighted by Gasteiger charge is -2.25. The fourth-order valence-electron chi connectivity index (χ4n) is 3.89. The van der Waals surface area contributed by atoms with Gasteiger partial charge in [-0.2, -0.15) is 21.6 Å². The molecule has 0 saturated heterocycles. The zero-order chi connectivity index (χ0) is 29.5. The molecule has 0 radical (unpaired) electrons. The lowest BCUT2D eigenvalue weighted by molar-refractivity contribution is -0.0429. The molecule has 0 aromatic heterocycles. The minimum Gasteiger partial charge on any atom is -0.390 e. The molecule has 0 bridgehead atoms. The van der Waals surface area contributed by atoms with Crippen LogP contribution in [0, 0.1) is 11.6 Å². The average Bonchev–Trinajstić information content (AvgIpc) is 2.87. The molecule has 3 rings (SSSR count). The molecule has 2 atom stereocenters. The van der Waals surface area contributed by atoms with Crippen LogP contribution in [0.2, 0.25) is 0 Å². The molecular formula is C27H28F5N3O4S. The highest BCUT2D eigenvalue weighted by atomic mass is 32.2. The van der Waals surface area contributed by atoms with Gasteiger partial charge in [0.15, 0.2) is 0 Å². The van der Waals surface area contributed by atoms with Gasteiger partial charge in [-0.1, -0.05) is 31.2 Å². The van der Waals surface area contributed by atoms with E-state index in [1.165, 1.54) is 4.72 Å².